The van der Waals surface area contributed by atoms with Crippen molar-refractivity contribution in [3.8, 4) is 0 Å². The third-order valence-electron chi connectivity index (χ3n) is 2.09. The molecule has 0 atom stereocenters. The van der Waals surface area contributed by atoms with Crippen LogP contribution in [0.2, 0.25) is 5.02 Å². The van der Waals surface area contributed by atoms with Gasteiger partial charge < -0.3 is 9.73 Å². The fraction of sp³-hybridized carbons (Fsp3) is 0. The average Bonchev–Trinajstić information content (AvgIpc) is 2.85. The van der Waals surface area contributed by atoms with E-state index in [4.69, 9.17) is 16.0 Å². The maximum Gasteiger partial charge on any atom is 0.222 e. The molecule has 3 nitrogen and oxygen atoms in total. The summed E-state index contributed by atoms with van der Waals surface area (Å²) in [5, 5.41) is 3.64. The predicted octanol–water partition coefficient (Wildman–Crippen LogP) is 3.74. The molecule has 1 aromatic carbocycles. The van der Waals surface area contributed by atoms with E-state index in [1.807, 2.05) is 12.1 Å². The van der Waals surface area contributed by atoms with Crippen LogP contribution in [0.4, 0.5) is 5.69 Å². The lowest BCUT2D eigenvalue weighted by Gasteiger charge is -1.99. The number of rotatable bonds is 4. The van der Waals surface area contributed by atoms with Gasteiger partial charge in [-0.1, -0.05) is 11.6 Å². The van der Waals surface area contributed by atoms with E-state index in [-0.39, 0.29) is 5.78 Å². The molecule has 0 aliphatic carbocycles. The SMILES string of the molecule is O=C(C=CNc1ccc(Cl)cc1)c1ccco1. The lowest BCUT2D eigenvalue weighted by molar-refractivity contribution is 0.102. The third-order valence-corrected chi connectivity index (χ3v) is 2.34. The van der Waals surface area contributed by atoms with Crippen molar-refractivity contribution in [3.05, 3.63) is 65.7 Å². The monoisotopic (exact) mass is 247 g/mol. The summed E-state index contributed by atoms with van der Waals surface area (Å²) in [6.07, 6.45) is 4.44. The molecular formula is C13H10ClNO2. The fourth-order valence-electron chi connectivity index (χ4n) is 1.26. The lowest BCUT2D eigenvalue weighted by atomic mass is 10.3. The smallest absolute Gasteiger partial charge is 0.222 e. The van der Waals surface area contributed by atoms with Crippen molar-refractivity contribution in [3.63, 3.8) is 0 Å². The number of halogens is 1. The van der Waals surface area contributed by atoms with Gasteiger partial charge in [0.25, 0.3) is 0 Å². The molecule has 0 fully saturated rings. The second-order valence-corrected chi connectivity index (χ2v) is 3.76. The number of allylic oxidation sites excluding steroid dienone is 1. The zero-order chi connectivity index (χ0) is 12.1. The van der Waals surface area contributed by atoms with E-state index < -0.39 is 0 Å². The number of hydrogen-bond acceptors (Lipinski definition) is 3. The van der Waals surface area contributed by atoms with Gasteiger partial charge in [-0.2, -0.15) is 0 Å². The van der Waals surface area contributed by atoms with Crippen LogP contribution in [0.1, 0.15) is 10.6 Å². The summed E-state index contributed by atoms with van der Waals surface area (Å²) in [7, 11) is 0. The van der Waals surface area contributed by atoms with Crippen LogP contribution in [-0.2, 0) is 0 Å². The number of carbonyl (C=O) groups is 1. The summed E-state index contributed by atoms with van der Waals surface area (Å²) in [5.74, 6) is 0.135. The first-order valence-electron chi connectivity index (χ1n) is 5.02. The van der Waals surface area contributed by atoms with Crippen LogP contribution in [0.25, 0.3) is 0 Å². The molecule has 4 heteroatoms. The Hall–Kier alpha value is -2.00. The molecule has 0 bridgehead atoms. The first-order chi connectivity index (χ1) is 8.25. The van der Waals surface area contributed by atoms with Gasteiger partial charge in [-0.3, -0.25) is 4.79 Å². The van der Waals surface area contributed by atoms with Crippen molar-refractivity contribution >= 4 is 23.1 Å². The van der Waals surface area contributed by atoms with Gasteiger partial charge in [0.15, 0.2) is 5.76 Å². The van der Waals surface area contributed by atoms with Crippen LogP contribution in [-0.4, -0.2) is 5.78 Å². The van der Waals surface area contributed by atoms with Crippen LogP contribution in [0.3, 0.4) is 0 Å². The van der Waals surface area contributed by atoms with Crippen LogP contribution in [0.15, 0.2) is 59.4 Å². The van der Waals surface area contributed by atoms with E-state index in [2.05, 4.69) is 5.32 Å². The Bertz CT molecular complexity index is 515. The molecule has 0 amide bonds. The molecule has 17 heavy (non-hydrogen) atoms. The van der Waals surface area contributed by atoms with E-state index in [0.717, 1.165) is 5.69 Å². The standard InChI is InChI=1S/C13H10ClNO2/c14-10-3-5-11(6-4-10)15-8-7-12(16)13-2-1-9-17-13/h1-9,15H. The number of anilines is 1. The Morgan fingerprint density at radius 2 is 2.00 bits per heavy atom. The van der Waals surface area contributed by atoms with Crippen LogP contribution >= 0.6 is 11.6 Å². The third kappa shape index (κ3) is 3.23. The van der Waals surface area contributed by atoms with E-state index in [0.29, 0.717) is 10.8 Å². The van der Waals surface area contributed by atoms with Crippen molar-refractivity contribution in [2.75, 3.05) is 5.32 Å². The van der Waals surface area contributed by atoms with Gasteiger partial charge in [0.1, 0.15) is 0 Å². The largest absolute Gasteiger partial charge is 0.461 e. The summed E-state index contributed by atoms with van der Waals surface area (Å²) >= 11 is 5.75. The molecule has 1 N–H and O–H groups in total. The molecule has 2 rings (SSSR count). The minimum absolute atomic E-state index is 0.184. The zero-order valence-electron chi connectivity index (χ0n) is 8.89. The highest BCUT2D eigenvalue weighted by atomic mass is 35.5. The van der Waals surface area contributed by atoms with Crippen LogP contribution < -0.4 is 5.32 Å². The highest BCUT2D eigenvalue weighted by molar-refractivity contribution is 6.30. The number of hydrogen-bond donors (Lipinski definition) is 1. The molecule has 2 aromatic rings. The highest BCUT2D eigenvalue weighted by Gasteiger charge is 2.02. The Balaban J connectivity index is 1.94. The Morgan fingerprint density at radius 1 is 1.24 bits per heavy atom. The highest BCUT2D eigenvalue weighted by Crippen LogP contribution is 2.13. The molecule has 0 spiro atoms. The minimum Gasteiger partial charge on any atom is -0.461 e. The van der Waals surface area contributed by atoms with Crippen molar-refractivity contribution in [2.45, 2.75) is 0 Å². The van der Waals surface area contributed by atoms with Gasteiger partial charge in [-0.25, -0.2) is 0 Å². The lowest BCUT2D eigenvalue weighted by Crippen LogP contribution is -1.94. The second kappa shape index (κ2) is 5.37. The molecule has 0 unspecified atom stereocenters. The molecule has 1 heterocycles. The normalized spacial score (nSPS) is 10.6. The van der Waals surface area contributed by atoms with Gasteiger partial charge in [0.2, 0.25) is 5.78 Å². The Kier molecular flexibility index (Phi) is 3.62. The predicted molar refractivity (Wildman–Crippen MR) is 67.3 cm³/mol. The topological polar surface area (TPSA) is 42.2 Å². The van der Waals surface area contributed by atoms with E-state index in [9.17, 15) is 4.79 Å². The summed E-state index contributed by atoms with van der Waals surface area (Å²) in [5.41, 5.74) is 0.859. The van der Waals surface area contributed by atoms with Crippen molar-refractivity contribution < 1.29 is 9.21 Å². The number of benzene rings is 1. The first kappa shape index (κ1) is 11.5. The summed E-state index contributed by atoms with van der Waals surface area (Å²) < 4.78 is 4.97. The molecule has 0 radical (unpaired) electrons. The Labute approximate surface area is 104 Å². The van der Waals surface area contributed by atoms with Crippen molar-refractivity contribution in [1.29, 1.82) is 0 Å². The van der Waals surface area contributed by atoms with E-state index >= 15 is 0 Å². The minimum atomic E-state index is -0.184. The number of nitrogens with one attached hydrogen (secondary N) is 1. The average molecular weight is 248 g/mol. The summed E-state index contributed by atoms with van der Waals surface area (Å²) in [6, 6.07) is 10.5. The zero-order valence-corrected chi connectivity index (χ0v) is 9.65. The van der Waals surface area contributed by atoms with Crippen LogP contribution in [0.5, 0.6) is 0 Å². The van der Waals surface area contributed by atoms with Gasteiger partial charge in [0.05, 0.1) is 6.26 Å². The molecular weight excluding hydrogens is 238 g/mol. The quantitative estimate of drug-likeness (QED) is 0.661. The first-order valence-corrected chi connectivity index (χ1v) is 5.40. The van der Waals surface area contributed by atoms with Gasteiger partial charge in [-0.15, -0.1) is 0 Å². The van der Waals surface area contributed by atoms with Gasteiger partial charge >= 0.3 is 0 Å². The summed E-state index contributed by atoms with van der Waals surface area (Å²) in [4.78, 5) is 11.5. The second-order valence-electron chi connectivity index (χ2n) is 3.33. The number of ketones is 1. The van der Waals surface area contributed by atoms with Crippen molar-refractivity contribution in [1.82, 2.24) is 0 Å². The van der Waals surface area contributed by atoms with Gasteiger partial charge in [0, 0.05) is 23.0 Å². The molecule has 1 aromatic heterocycles. The molecule has 0 saturated heterocycles. The Morgan fingerprint density at radius 3 is 2.65 bits per heavy atom. The maximum absolute atomic E-state index is 11.5. The molecule has 0 saturated carbocycles. The van der Waals surface area contributed by atoms with Gasteiger partial charge in [-0.05, 0) is 36.4 Å². The van der Waals surface area contributed by atoms with E-state index in [1.165, 1.54) is 12.3 Å². The molecule has 0 aliphatic rings. The number of carbonyl (C=O) groups excluding carboxylic acids is 1. The fourth-order valence-corrected chi connectivity index (χ4v) is 1.39. The maximum atomic E-state index is 11.5. The van der Waals surface area contributed by atoms with Crippen molar-refractivity contribution in [2.24, 2.45) is 0 Å². The molecule has 86 valence electrons. The molecule has 0 aliphatic heterocycles. The summed E-state index contributed by atoms with van der Waals surface area (Å²) in [6.45, 7) is 0. The van der Waals surface area contributed by atoms with E-state index in [1.54, 1.807) is 30.5 Å². The number of furan rings is 1. The van der Waals surface area contributed by atoms with Crippen LogP contribution in [0, 0.1) is 0 Å².